The molecule has 1 N–H and O–H groups in total. The van der Waals surface area contributed by atoms with Crippen LogP contribution < -0.4 is 5.32 Å². The zero-order valence-corrected chi connectivity index (χ0v) is 9.59. The van der Waals surface area contributed by atoms with Gasteiger partial charge in [-0.2, -0.15) is 0 Å². The summed E-state index contributed by atoms with van der Waals surface area (Å²) >= 11 is 0. The SMILES string of the molecule is CS(=O)(=O)N1CC2CCCNC(=O)C2C1. The summed E-state index contributed by atoms with van der Waals surface area (Å²) in [5.74, 6) is 0.0908. The molecule has 1 amide bonds. The van der Waals surface area contributed by atoms with Crippen molar-refractivity contribution in [3.05, 3.63) is 0 Å². The summed E-state index contributed by atoms with van der Waals surface area (Å²) in [5.41, 5.74) is 0. The Kier molecular flexibility index (Phi) is 2.72. The maximum atomic E-state index is 11.6. The summed E-state index contributed by atoms with van der Waals surface area (Å²) in [6.07, 6.45) is 3.09. The topological polar surface area (TPSA) is 66.5 Å². The summed E-state index contributed by atoms with van der Waals surface area (Å²) in [4.78, 5) is 11.6. The third kappa shape index (κ3) is 2.15. The van der Waals surface area contributed by atoms with Crippen LogP contribution >= 0.6 is 0 Å². The number of rotatable bonds is 1. The largest absolute Gasteiger partial charge is 0.356 e. The van der Waals surface area contributed by atoms with Crippen LogP contribution in [0.1, 0.15) is 12.8 Å². The minimum absolute atomic E-state index is 0.0173. The lowest BCUT2D eigenvalue weighted by molar-refractivity contribution is -0.124. The van der Waals surface area contributed by atoms with Crippen molar-refractivity contribution in [1.82, 2.24) is 9.62 Å². The minimum atomic E-state index is -3.14. The Labute approximate surface area is 89.9 Å². The van der Waals surface area contributed by atoms with Crippen molar-refractivity contribution >= 4 is 15.9 Å². The molecule has 2 atom stereocenters. The van der Waals surface area contributed by atoms with Gasteiger partial charge in [-0.25, -0.2) is 12.7 Å². The Morgan fingerprint density at radius 3 is 2.80 bits per heavy atom. The molecule has 2 fully saturated rings. The van der Waals surface area contributed by atoms with E-state index in [2.05, 4.69) is 5.32 Å². The summed E-state index contributed by atoms with van der Waals surface area (Å²) in [6, 6.07) is 0. The van der Waals surface area contributed by atoms with Gasteiger partial charge in [0.1, 0.15) is 0 Å². The second kappa shape index (κ2) is 3.75. The fourth-order valence-corrected chi connectivity index (χ4v) is 3.29. The third-order valence-corrected chi connectivity index (χ3v) is 4.50. The van der Waals surface area contributed by atoms with Crippen molar-refractivity contribution in [2.45, 2.75) is 12.8 Å². The van der Waals surface area contributed by atoms with Gasteiger partial charge in [0.05, 0.1) is 12.2 Å². The molecule has 0 radical (unpaired) electrons. The lowest BCUT2D eigenvalue weighted by Crippen LogP contribution is -2.34. The minimum Gasteiger partial charge on any atom is -0.356 e. The molecule has 0 spiro atoms. The van der Waals surface area contributed by atoms with E-state index in [0.29, 0.717) is 13.1 Å². The second-order valence-electron chi connectivity index (χ2n) is 4.38. The van der Waals surface area contributed by atoms with Gasteiger partial charge in [-0.05, 0) is 18.8 Å². The fraction of sp³-hybridized carbons (Fsp3) is 0.889. The van der Waals surface area contributed by atoms with Crippen molar-refractivity contribution < 1.29 is 13.2 Å². The van der Waals surface area contributed by atoms with Crippen LogP contribution in [0.3, 0.4) is 0 Å². The first-order valence-corrected chi connectivity index (χ1v) is 7.06. The molecule has 0 aliphatic carbocycles. The maximum Gasteiger partial charge on any atom is 0.224 e. The molecule has 0 aromatic rings. The van der Waals surface area contributed by atoms with Crippen molar-refractivity contribution in [1.29, 1.82) is 0 Å². The van der Waals surface area contributed by atoms with E-state index in [0.717, 1.165) is 19.4 Å². The highest BCUT2D eigenvalue weighted by molar-refractivity contribution is 7.88. The summed E-state index contributed by atoms with van der Waals surface area (Å²) < 4.78 is 24.2. The van der Waals surface area contributed by atoms with E-state index in [1.54, 1.807) is 0 Å². The molecule has 2 saturated heterocycles. The Hall–Kier alpha value is -0.620. The quantitative estimate of drug-likeness (QED) is 0.657. The van der Waals surface area contributed by atoms with Crippen LogP contribution in [-0.2, 0) is 14.8 Å². The van der Waals surface area contributed by atoms with E-state index in [4.69, 9.17) is 0 Å². The molecule has 0 aromatic carbocycles. The van der Waals surface area contributed by atoms with Crippen LogP contribution in [-0.4, -0.2) is 44.5 Å². The van der Waals surface area contributed by atoms with Gasteiger partial charge in [-0.3, -0.25) is 4.79 Å². The number of hydrogen-bond acceptors (Lipinski definition) is 3. The number of nitrogens with one attached hydrogen (secondary N) is 1. The number of nitrogens with zero attached hydrogens (tertiary/aromatic N) is 1. The predicted molar refractivity (Wildman–Crippen MR) is 55.6 cm³/mol. The van der Waals surface area contributed by atoms with Crippen LogP contribution in [0.15, 0.2) is 0 Å². The molecule has 2 aliphatic heterocycles. The zero-order chi connectivity index (χ0) is 11.1. The Morgan fingerprint density at radius 2 is 2.13 bits per heavy atom. The van der Waals surface area contributed by atoms with E-state index >= 15 is 0 Å². The molecule has 0 aromatic heterocycles. The van der Waals surface area contributed by atoms with Gasteiger partial charge in [0, 0.05) is 19.6 Å². The highest BCUT2D eigenvalue weighted by Crippen LogP contribution is 2.30. The molecular weight excluding hydrogens is 216 g/mol. The lowest BCUT2D eigenvalue weighted by Gasteiger charge is -2.12. The standard InChI is InChI=1S/C9H16N2O3S/c1-15(13,14)11-5-7-3-2-4-10-9(12)8(7)6-11/h7-8H,2-6H2,1H3,(H,10,12). The average molecular weight is 232 g/mol. The molecule has 2 aliphatic rings. The summed E-state index contributed by atoms with van der Waals surface area (Å²) in [6.45, 7) is 1.59. The van der Waals surface area contributed by atoms with Gasteiger partial charge in [-0.1, -0.05) is 0 Å². The highest BCUT2D eigenvalue weighted by atomic mass is 32.2. The normalized spacial score (nSPS) is 33.3. The monoisotopic (exact) mass is 232 g/mol. The van der Waals surface area contributed by atoms with E-state index in [9.17, 15) is 13.2 Å². The van der Waals surface area contributed by atoms with Gasteiger partial charge in [0.15, 0.2) is 0 Å². The molecule has 2 rings (SSSR count). The number of hydrogen-bond donors (Lipinski definition) is 1. The van der Waals surface area contributed by atoms with Crippen LogP contribution in [0.5, 0.6) is 0 Å². The van der Waals surface area contributed by atoms with Gasteiger partial charge in [-0.15, -0.1) is 0 Å². The Balaban J connectivity index is 2.15. The molecule has 2 unspecified atom stereocenters. The molecule has 86 valence electrons. The van der Waals surface area contributed by atoms with Crippen LogP contribution in [0.2, 0.25) is 0 Å². The van der Waals surface area contributed by atoms with Gasteiger partial charge in [0.2, 0.25) is 15.9 Å². The fourth-order valence-electron chi connectivity index (χ4n) is 2.40. The van der Waals surface area contributed by atoms with Crippen molar-refractivity contribution in [3.8, 4) is 0 Å². The number of amides is 1. The molecule has 0 bridgehead atoms. The van der Waals surface area contributed by atoms with E-state index in [1.165, 1.54) is 10.6 Å². The van der Waals surface area contributed by atoms with Crippen molar-refractivity contribution in [2.24, 2.45) is 11.8 Å². The third-order valence-electron chi connectivity index (χ3n) is 3.26. The first kappa shape index (κ1) is 10.9. The number of carbonyl (C=O) groups excluding carboxylic acids is 1. The van der Waals surface area contributed by atoms with E-state index < -0.39 is 10.0 Å². The zero-order valence-electron chi connectivity index (χ0n) is 8.77. The average Bonchev–Trinajstić information content (AvgIpc) is 2.49. The molecule has 2 heterocycles. The summed E-state index contributed by atoms with van der Waals surface area (Å²) in [5, 5.41) is 2.83. The molecule has 5 nitrogen and oxygen atoms in total. The Bertz CT molecular complexity index is 366. The van der Waals surface area contributed by atoms with E-state index in [1.807, 2.05) is 0 Å². The van der Waals surface area contributed by atoms with E-state index in [-0.39, 0.29) is 17.7 Å². The summed E-state index contributed by atoms with van der Waals surface area (Å²) in [7, 11) is -3.14. The van der Waals surface area contributed by atoms with Crippen LogP contribution in [0.25, 0.3) is 0 Å². The maximum absolute atomic E-state index is 11.6. The van der Waals surface area contributed by atoms with Gasteiger partial charge < -0.3 is 5.32 Å². The molecular formula is C9H16N2O3S. The Morgan fingerprint density at radius 1 is 1.40 bits per heavy atom. The molecule has 6 heteroatoms. The first-order chi connectivity index (χ1) is 6.98. The van der Waals surface area contributed by atoms with Crippen LogP contribution in [0, 0.1) is 11.8 Å². The first-order valence-electron chi connectivity index (χ1n) is 5.21. The highest BCUT2D eigenvalue weighted by Gasteiger charge is 2.41. The van der Waals surface area contributed by atoms with Gasteiger partial charge in [0.25, 0.3) is 0 Å². The van der Waals surface area contributed by atoms with Crippen molar-refractivity contribution in [3.63, 3.8) is 0 Å². The molecule has 15 heavy (non-hydrogen) atoms. The van der Waals surface area contributed by atoms with Crippen LogP contribution in [0.4, 0.5) is 0 Å². The van der Waals surface area contributed by atoms with Gasteiger partial charge >= 0.3 is 0 Å². The second-order valence-corrected chi connectivity index (χ2v) is 6.36. The number of sulfonamides is 1. The number of fused-ring (bicyclic) bond motifs is 1. The smallest absolute Gasteiger partial charge is 0.224 e. The molecule has 0 saturated carbocycles. The predicted octanol–water partition coefficient (Wildman–Crippen LogP) is -0.596. The number of carbonyl (C=O) groups is 1. The lowest BCUT2D eigenvalue weighted by atomic mass is 9.93. The van der Waals surface area contributed by atoms with Crippen molar-refractivity contribution in [2.75, 3.05) is 25.9 Å².